The second-order valence-electron chi connectivity index (χ2n) is 6.50. The number of esters is 1. The van der Waals surface area contributed by atoms with Gasteiger partial charge >= 0.3 is 11.6 Å². The molecule has 1 heterocycles. The number of hydrogen-bond donors (Lipinski definition) is 2. The Bertz CT molecular complexity index is 870. The summed E-state index contributed by atoms with van der Waals surface area (Å²) < 4.78 is 10.4. The smallest absolute Gasteiger partial charge is 0.336 e. The van der Waals surface area contributed by atoms with Gasteiger partial charge in [0.15, 0.2) is 0 Å². The predicted molar refractivity (Wildman–Crippen MR) is 93.5 cm³/mol. The molecule has 134 valence electrons. The number of fused-ring (bicyclic) bond motifs is 1. The number of rotatable bonds is 5. The quantitative estimate of drug-likeness (QED) is 0.491. The molecule has 0 bridgehead atoms. The molecule has 0 aliphatic rings. The van der Waals surface area contributed by atoms with Crippen molar-refractivity contribution in [3.05, 3.63) is 51.9 Å². The standard InChI is InChI=1S/C19H22O6/c1-5-11(2)18(22)25-16(19(3,4)23)9-13-8-12-6-7-17(21)24-15(12)10-14(13)20/h5-8,10,16,20,23H,9H2,1-4H3/b11-5-. The summed E-state index contributed by atoms with van der Waals surface area (Å²) in [5.74, 6) is -0.629. The molecule has 0 saturated carbocycles. The normalized spacial score (nSPS) is 13.7. The lowest BCUT2D eigenvalue weighted by molar-refractivity contribution is -0.157. The number of carbonyl (C=O) groups excluding carboxylic acids is 1. The lowest BCUT2D eigenvalue weighted by atomic mass is 9.94. The first kappa shape index (κ1) is 18.7. The number of aromatic hydroxyl groups is 1. The molecule has 6 nitrogen and oxygen atoms in total. The molecule has 1 atom stereocenters. The molecule has 0 fully saturated rings. The highest BCUT2D eigenvalue weighted by Crippen LogP contribution is 2.28. The van der Waals surface area contributed by atoms with Crippen molar-refractivity contribution in [3.63, 3.8) is 0 Å². The van der Waals surface area contributed by atoms with Crippen LogP contribution in [-0.4, -0.2) is 27.9 Å². The van der Waals surface area contributed by atoms with Crippen LogP contribution in [-0.2, 0) is 16.0 Å². The van der Waals surface area contributed by atoms with Crippen molar-refractivity contribution in [2.45, 2.75) is 45.8 Å². The van der Waals surface area contributed by atoms with Crippen molar-refractivity contribution in [1.82, 2.24) is 0 Å². The number of hydrogen-bond acceptors (Lipinski definition) is 6. The number of ether oxygens (including phenoxy) is 1. The van der Waals surface area contributed by atoms with E-state index in [0.717, 1.165) is 0 Å². The van der Waals surface area contributed by atoms with Crippen LogP contribution >= 0.6 is 0 Å². The minimum absolute atomic E-state index is 0.102. The van der Waals surface area contributed by atoms with E-state index in [0.29, 0.717) is 16.5 Å². The second-order valence-corrected chi connectivity index (χ2v) is 6.50. The van der Waals surface area contributed by atoms with Crippen molar-refractivity contribution in [2.24, 2.45) is 0 Å². The first-order valence-electron chi connectivity index (χ1n) is 7.94. The highest BCUT2D eigenvalue weighted by atomic mass is 16.6. The maximum Gasteiger partial charge on any atom is 0.336 e. The molecule has 1 aromatic heterocycles. The summed E-state index contributed by atoms with van der Waals surface area (Å²) >= 11 is 0. The van der Waals surface area contributed by atoms with Gasteiger partial charge in [-0.15, -0.1) is 0 Å². The molecule has 0 radical (unpaired) electrons. The van der Waals surface area contributed by atoms with Crippen LogP contribution in [0.25, 0.3) is 11.0 Å². The highest BCUT2D eigenvalue weighted by molar-refractivity contribution is 5.87. The van der Waals surface area contributed by atoms with Gasteiger partial charge in [-0.3, -0.25) is 0 Å². The molecule has 2 rings (SSSR count). The molecule has 0 saturated heterocycles. The molecular formula is C19H22O6. The zero-order valence-corrected chi connectivity index (χ0v) is 14.7. The molecule has 0 aliphatic carbocycles. The Morgan fingerprint density at radius 2 is 2.04 bits per heavy atom. The van der Waals surface area contributed by atoms with Crippen LogP contribution in [0.4, 0.5) is 0 Å². The van der Waals surface area contributed by atoms with Gasteiger partial charge in [0, 0.05) is 29.5 Å². The Hall–Kier alpha value is -2.60. The lowest BCUT2D eigenvalue weighted by Gasteiger charge is -2.29. The third kappa shape index (κ3) is 4.48. The van der Waals surface area contributed by atoms with Crippen molar-refractivity contribution >= 4 is 16.9 Å². The molecule has 2 aromatic rings. The van der Waals surface area contributed by atoms with Crippen molar-refractivity contribution in [3.8, 4) is 5.75 Å². The van der Waals surface area contributed by atoms with Gasteiger partial charge in [-0.2, -0.15) is 0 Å². The van der Waals surface area contributed by atoms with E-state index in [9.17, 15) is 19.8 Å². The Morgan fingerprint density at radius 1 is 1.36 bits per heavy atom. The molecule has 1 aromatic carbocycles. The Balaban J connectivity index is 2.37. The molecule has 25 heavy (non-hydrogen) atoms. The summed E-state index contributed by atoms with van der Waals surface area (Å²) in [5.41, 5.74) is -0.660. The van der Waals surface area contributed by atoms with Gasteiger partial charge in [0.05, 0.1) is 5.60 Å². The molecule has 2 N–H and O–H groups in total. The average molecular weight is 346 g/mol. The number of phenols is 1. The topological polar surface area (TPSA) is 97.0 Å². The van der Waals surface area contributed by atoms with Crippen LogP contribution in [0.15, 0.2) is 45.1 Å². The molecule has 6 heteroatoms. The summed E-state index contributed by atoms with van der Waals surface area (Å²) in [6.07, 6.45) is 0.862. The molecule has 0 aliphatic heterocycles. The first-order chi connectivity index (χ1) is 11.6. The SMILES string of the molecule is C/C=C(/C)C(=O)OC(Cc1cc2ccc(=O)oc2cc1O)C(C)(C)O. The molecule has 0 amide bonds. The number of carbonyl (C=O) groups is 1. The molecular weight excluding hydrogens is 324 g/mol. The zero-order chi connectivity index (χ0) is 18.8. The van der Waals surface area contributed by atoms with Crippen LogP contribution in [0.1, 0.15) is 33.3 Å². The van der Waals surface area contributed by atoms with Crippen molar-refractivity contribution in [1.29, 1.82) is 0 Å². The van der Waals surface area contributed by atoms with E-state index in [-0.39, 0.29) is 17.8 Å². The maximum atomic E-state index is 12.0. The van der Waals surface area contributed by atoms with Crippen LogP contribution in [0, 0.1) is 0 Å². The number of allylic oxidation sites excluding steroid dienone is 1. The van der Waals surface area contributed by atoms with Gasteiger partial charge in [0.1, 0.15) is 17.4 Å². The van der Waals surface area contributed by atoms with E-state index in [1.807, 2.05) is 0 Å². The van der Waals surface area contributed by atoms with E-state index in [4.69, 9.17) is 9.15 Å². The first-order valence-corrected chi connectivity index (χ1v) is 7.94. The number of phenolic OH excluding ortho intramolecular Hbond substituents is 1. The minimum atomic E-state index is -1.31. The van der Waals surface area contributed by atoms with E-state index >= 15 is 0 Å². The number of benzene rings is 1. The third-order valence-electron chi connectivity index (χ3n) is 4.02. The van der Waals surface area contributed by atoms with Gasteiger partial charge in [-0.25, -0.2) is 9.59 Å². The summed E-state index contributed by atoms with van der Waals surface area (Å²) in [5, 5.41) is 21.2. The lowest BCUT2D eigenvalue weighted by Crippen LogP contribution is -2.41. The van der Waals surface area contributed by atoms with E-state index < -0.39 is 23.3 Å². The van der Waals surface area contributed by atoms with E-state index in [1.54, 1.807) is 32.1 Å². The highest BCUT2D eigenvalue weighted by Gasteiger charge is 2.32. The van der Waals surface area contributed by atoms with Crippen LogP contribution < -0.4 is 5.63 Å². The fourth-order valence-corrected chi connectivity index (χ4v) is 2.29. The van der Waals surface area contributed by atoms with E-state index in [1.165, 1.54) is 26.0 Å². The summed E-state index contributed by atoms with van der Waals surface area (Å²) in [6, 6.07) is 5.85. The predicted octanol–water partition coefficient (Wildman–Crippen LogP) is 2.69. The summed E-state index contributed by atoms with van der Waals surface area (Å²) in [7, 11) is 0. The monoisotopic (exact) mass is 346 g/mol. The van der Waals surface area contributed by atoms with Gasteiger partial charge in [-0.05, 0) is 45.4 Å². The molecule has 0 spiro atoms. The summed E-state index contributed by atoms with van der Waals surface area (Å²) in [6.45, 7) is 6.41. The van der Waals surface area contributed by atoms with Crippen molar-refractivity contribution in [2.75, 3.05) is 0 Å². The largest absolute Gasteiger partial charge is 0.508 e. The fraction of sp³-hybridized carbons (Fsp3) is 0.368. The maximum absolute atomic E-state index is 12.0. The Morgan fingerprint density at radius 3 is 2.64 bits per heavy atom. The fourth-order valence-electron chi connectivity index (χ4n) is 2.29. The van der Waals surface area contributed by atoms with Gasteiger partial charge in [0.2, 0.25) is 0 Å². The van der Waals surface area contributed by atoms with Crippen LogP contribution in [0.2, 0.25) is 0 Å². The Kier molecular flexibility index (Phi) is 5.33. The van der Waals surface area contributed by atoms with Crippen LogP contribution in [0.5, 0.6) is 5.75 Å². The van der Waals surface area contributed by atoms with Crippen molar-refractivity contribution < 1.29 is 24.2 Å². The number of aliphatic hydroxyl groups is 1. The third-order valence-corrected chi connectivity index (χ3v) is 4.02. The average Bonchev–Trinajstić information content (AvgIpc) is 2.53. The van der Waals surface area contributed by atoms with Crippen LogP contribution in [0.3, 0.4) is 0 Å². The van der Waals surface area contributed by atoms with Gasteiger partial charge in [-0.1, -0.05) is 6.08 Å². The van der Waals surface area contributed by atoms with Gasteiger partial charge < -0.3 is 19.4 Å². The van der Waals surface area contributed by atoms with E-state index in [2.05, 4.69) is 0 Å². The Labute approximate surface area is 145 Å². The summed E-state index contributed by atoms with van der Waals surface area (Å²) in [4.78, 5) is 23.3. The molecule has 1 unspecified atom stereocenters. The van der Waals surface area contributed by atoms with Gasteiger partial charge in [0.25, 0.3) is 0 Å². The zero-order valence-electron chi connectivity index (χ0n) is 14.7. The minimum Gasteiger partial charge on any atom is -0.508 e. The second kappa shape index (κ2) is 7.11.